The lowest BCUT2D eigenvalue weighted by atomic mass is 10.1. The summed E-state index contributed by atoms with van der Waals surface area (Å²) in [6.45, 7) is 1.96. The Kier molecular flexibility index (Phi) is 13.8. The zero-order chi connectivity index (χ0) is 18.9. The number of carbonyl (C=O) groups is 1. The molecule has 0 radical (unpaired) electrons. The number of allylic oxidation sites excluding steroid dienone is 4. The van der Waals surface area contributed by atoms with Crippen molar-refractivity contribution in [2.75, 3.05) is 0 Å². The van der Waals surface area contributed by atoms with Crippen LogP contribution < -0.4 is 0 Å². The van der Waals surface area contributed by atoms with E-state index in [9.17, 15) is 25.0 Å². The van der Waals surface area contributed by atoms with E-state index in [-0.39, 0.29) is 17.8 Å². The maximum Gasteiger partial charge on any atom is 0.253 e. The number of carbonyl (C=O) groups excluding carboxylic acids is 1. The van der Waals surface area contributed by atoms with Crippen LogP contribution in [0.5, 0.6) is 0 Å². The molecular formula is C18H28N2O5. The minimum Gasteiger partial charge on any atom is -0.303 e. The molecule has 0 bridgehead atoms. The van der Waals surface area contributed by atoms with Crippen molar-refractivity contribution >= 4 is 6.29 Å². The fraction of sp³-hybridized carbons (Fsp3) is 0.611. The molecule has 7 nitrogen and oxygen atoms in total. The Hall–Kier alpha value is -2.31. The topological polar surface area (TPSA) is 103 Å². The van der Waals surface area contributed by atoms with Gasteiger partial charge in [0.1, 0.15) is 12.7 Å². The standard InChI is InChI=1S/C18H28N2O5/c1-2-3-4-10-13-17(19(22)23)16-18(20(24)25)14-11-8-6-5-7-9-12-15-21/h3-4,13-15H,2,5-12,16H2,1H3/b4-3-,17-13+,18-14+. The van der Waals surface area contributed by atoms with E-state index in [4.69, 9.17) is 0 Å². The van der Waals surface area contributed by atoms with E-state index in [2.05, 4.69) is 0 Å². The first kappa shape index (κ1) is 22.7. The number of nitro groups is 2. The van der Waals surface area contributed by atoms with Crippen LogP contribution in [0.3, 0.4) is 0 Å². The normalized spacial score (nSPS) is 12.5. The summed E-state index contributed by atoms with van der Waals surface area (Å²) in [5, 5.41) is 22.2. The number of aldehydes is 1. The zero-order valence-electron chi connectivity index (χ0n) is 14.9. The third-order valence-corrected chi connectivity index (χ3v) is 3.63. The SMILES string of the molecule is CC/C=C\C/C=C(\C/C(=C\CCCCCCCC=O)[N+](=O)[O-])[N+](=O)[O-]. The van der Waals surface area contributed by atoms with Crippen LogP contribution in [0.25, 0.3) is 0 Å². The Morgan fingerprint density at radius 1 is 0.840 bits per heavy atom. The van der Waals surface area contributed by atoms with Gasteiger partial charge in [-0.3, -0.25) is 20.2 Å². The molecule has 0 amide bonds. The van der Waals surface area contributed by atoms with E-state index in [0.29, 0.717) is 19.3 Å². The highest BCUT2D eigenvalue weighted by Crippen LogP contribution is 2.16. The fourth-order valence-corrected chi connectivity index (χ4v) is 2.25. The minimum absolute atomic E-state index is 0.122. The second kappa shape index (κ2) is 15.2. The first-order valence-corrected chi connectivity index (χ1v) is 8.78. The number of unbranched alkanes of at least 4 members (excludes halogenated alkanes) is 6. The third kappa shape index (κ3) is 12.7. The first-order chi connectivity index (χ1) is 12.0. The van der Waals surface area contributed by atoms with Gasteiger partial charge in [-0.15, -0.1) is 0 Å². The van der Waals surface area contributed by atoms with E-state index in [1.807, 2.05) is 19.1 Å². The summed E-state index contributed by atoms with van der Waals surface area (Å²) in [6.07, 6.45) is 14.2. The van der Waals surface area contributed by atoms with Gasteiger partial charge < -0.3 is 4.79 Å². The molecule has 0 heterocycles. The van der Waals surface area contributed by atoms with Crippen molar-refractivity contribution in [1.82, 2.24) is 0 Å². The van der Waals surface area contributed by atoms with Crippen LogP contribution in [0.15, 0.2) is 35.7 Å². The molecule has 140 valence electrons. The predicted molar refractivity (Wildman–Crippen MR) is 97.2 cm³/mol. The summed E-state index contributed by atoms with van der Waals surface area (Å²) in [5.74, 6) is 0. The molecule has 0 aliphatic rings. The molecule has 25 heavy (non-hydrogen) atoms. The van der Waals surface area contributed by atoms with Gasteiger partial charge in [-0.2, -0.15) is 0 Å². The molecule has 0 atom stereocenters. The van der Waals surface area contributed by atoms with Gasteiger partial charge in [-0.25, -0.2) is 0 Å². The highest BCUT2D eigenvalue weighted by molar-refractivity contribution is 5.48. The van der Waals surface area contributed by atoms with E-state index in [1.54, 1.807) is 0 Å². The van der Waals surface area contributed by atoms with Crippen LogP contribution in [-0.4, -0.2) is 16.1 Å². The third-order valence-electron chi connectivity index (χ3n) is 3.63. The van der Waals surface area contributed by atoms with Gasteiger partial charge in [0, 0.05) is 6.42 Å². The molecular weight excluding hydrogens is 324 g/mol. The van der Waals surface area contributed by atoms with Crippen molar-refractivity contribution in [3.63, 3.8) is 0 Å². The maximum absolute atomic E-state index is 11.1. The van der Waals surface area contributed by atoms with Crippen LogP contribution in [-0.2, 0) is 4.79 Å². The predicted octanol–water partition coefficient (Wildman–Crippen LogP) is 4.98. The van der Waals surface area contributed by atoms with Crippen LogP contribution in [0.2, 0.25) is 0 Å². The van der Waals surface area contributed by atoms with Gasteiger partial charge in [0.25, 0.3) is 11.4 Å². The second-order valence-corrected chi connectivity index (χ2v) is 5.71. The summed E-state index contributed by atoms with van der Waals surface area (Å²) in [4.78, 5) is 31.3. The van der Waals surface area contributed by atoms with Gasteiger partial charge in [-0.1, -0.05) is 38.3 Å². The van der Waals surface area contributed by atoms with Crippen molar-refractivity contribution < 1.29 is 14.6 Å². The van der Waals surface area contributed by atoms with Crippen molar-refractivity contribution in [2.45, 2.75) is 71.1 Å². The van der Waals surface area contributed by atoms with Crippen molar-refractivity contribution in [3.05, 3.63) is 55.9 Å². The van der Waals surface area contributed by atoms with Gasteiger partial charge in [-0.05, 0) is 44.3 Å². The number of hydrogen-bond donors (Lipinski definition) is 0. The highest BCUT2D eigenvalue weighted by atomic mass is 16.6. The van der Waals surface area contributed by atoms with E-state index in [0.717, 1.165) is 44.8 Å². The first-order valence-electron chi connectivity index (χ1n) is 8.78. The monoisotopic (exact) mass is 352 g/mol. The average molecular weight is 352 g/mol. The average Bonchev–Trinajstić information content (AvgIpc) is 2.57. The lowest BCUT2D eigenvalue weighted by molar-refractivity contribution is -0.450. The Labute approximate surface area is 148 Å². The largest absolute Gasteiger partial charge is 0.303 e. The molecule has 0 aliphatic carbocycles. The summed E-state index contributed by atoms with van der Waals surface area (Å²) in [5.41, 5.74) is -0.263. The second-order valence-electron chi connectivity index (χ2n) is 5.71. The molecule has 0 saturated carbocycles. The summed E-state index contributed by atoms with van der Waals surface area (Å²) >= 11 is 0. The molecule has 0 aromatic carbocycles. The Bertz CT molecular complexity index is 510. The number of rotatable bonds is 15. The minimum atomic E-state index is -0.551. The van der Waals surface area contributed by atoms with Gasteiger partial charge in [0.2, 0.25) is 0 Å². The molecule has 7 heteroatoms. The molecule has 0 unspecified atom stereocenters. The molecule has 0 N–H and O–H groups in total. The quantitative estimate of drug-likeness (QED) is 0.136. The maximum atomic E-state index is 11.1. The molecule has 0 saturated heterocycles. The Balaban J connectivity index is 4.49. The van der Waals surface area contributed by atoms with Crippen molar-refractivity contribution in [1.29, 1.82) is 0 Å². The van der Waals surface area contributed by atoms with Crippen LogP contribution in [0.4, 0.5) is 0 Å². The number of nitrogens with zero attached hydrogens (tertiary/aromatic N) is 2. The van der Waals surface area contributed by atoms with Crippen LogP contribution >= 0.6 is 0 Å². The Morgan fingerprint density at radius 2 is 1.40 bits per heavy atom. The molecule has 0 aliphatic heterocycles. The molecule has 0 aromatic heterocycles. The summed E-state index contributed by atoms with van der Waals surface area (Å²) in [6, 6.07) is 0. The molecule has 0 aromatic rings. The van der Waals surface area contributed by atoms with Crippen molar-refractivity contribution in [3.8, 4) is 0 Å². The van der Waals surface area contributed by atoms with E-state index >= 15 is 0 Å². The molecule has 0 spiro atoms. The fourth-order valence-electron chi connectivity index (χ4n) is 2.25. The molecule has 0 fully saturated rings. The highest BCUT2D eigenvalue weighted by Gasteiger charge is 2.20. The smallest absolute Gasteiger partial charge is 0.253 e. The Morgan fingerprint density at radius 3 is 1.96 bits per heavy atom. The van der Waals surface area contributed by atoms with Gasteiger partial charge in [0.15, 0.2) is 0 Å². The van der Waals surface area contributed by atoms with E-state index in [1.165, 1.54) is 12.2 Å². The molecule has 0 rings (SSSR count). The van der Waals surface area contributed by atoms with Gasteiger partial charge >= 0.3 is 0 Å². The van der Waals surface area contributed by atoms with Gasteiger partial charge in [0.05, 0.1) is 9.85 Å². The number of hydrogen-bond acceptors (Lipinski definition) is 5. The summed E-state index contributed by atoms with van der Waals surface area (Å²) < 4.78 is 0. The zero-order valence-corrected chi connectivity index (χ0v) is 14.9. The lowest BCUT2D eigenvalue weighted by Gasteiger charge is -2.00. The van der Waals surface area contributed by atoms with Crippen LogP contribution in [0.1, 0.15) is 71.1 Å². The lowest BCUT2D eigenvalue weighted by Crippen LogP contribution is -2.06. The van der Waals surface area contributed by atoms with E-state index < -0.39 is 9.85 Å². The summed E-state index contributed by atoms with van der Waals surface area (Å²) in [7, 11) is 0. The van der Waals surface area contributed by atoms with Crippen LogP contribution in [0, 0.1) is 20.2 Å². The van der Waals surface area contributed by atoms with Crippen molar-refractivity contribution in [2.24, 2.45) is 0 Å².